The van der Waals surface area contributed by atoms with E-state index < -0.39 is 29.5 Å². The van der Waals surface area contributed by atoms with Crippen molar-refractivity contribution in [3.63, 3.8) is 0 Å². The monoisotopic (exact) mass is 353 g/mol. The summed E-state index contributed by atoms with van der Waals surface area (Å²) in [5.74, 6) is -2.71. The summed E-state index contributed by atoms with van der Waals surface area (Å²) in [6, 6.07) is 5.25. The van der Waals surface area contributed by atoms with Crippen LogP contribution in [0.1, 0.15) is 5.56 Å². The third-order valence-electron chi connectivity index (χ3n) is 4.86. The maximum absolute atomic E-state index is 12.8. The van der Waals surface area contributed by atoms with Crippen LogP contribution in [-0.4, -0.2) is 40.1 Å². The maximum Gasteiger partial charge on any atom is 0.310 e. The van der Waals surface area contributed by atoms with Crippen molar-refractivity contribution in [1.82, 2.24) is 4.90 Å². The number of fused-ring (bicyclic) bond motifs is 1. The van der Waals surface area contributed by atoms with Gasteiger partial charge in [-0.1, -0.05) is 47.5 Å². The third kappa shape index (κ3) is 2.04. The van der Waals surface area contributed by atoms with E-state index in [0.29, 0.717) is 16.6 Å². The van der Waals surface area contributed by atoms with E-state index in [1.54, 1.807) is 29.2 Å². The van der Waals surface area contributed by atoms with Gasteiger partial charge in [0.1, 0.15) is 11.5 Å². The fraction of sp³-hybridized carbons (Fsp3) is 0.375. The molecule has 0 aromatic heterocycles. The average molecular weight is 354 g/mol. The number of ether oxygens (including phenoxy) is 1. The molecule has 5 nitrogen and oxygen atoms in total. The van der Waals surface area contributed by atoms with Crippen LogP contribution in [0.3, 0.4) is 0 Å². The summed E-state index contributed by atoms with van der Waals surface area (Å²) in [5.41, 5.74) is -0.0927. The van der Waals surface area contributed by atoms with Gasteiger partial charge in [0.2, 0.25) is 5.91 Å². The van der Waals surface area contributed by atoms with Gasteiger partial charge in [-0.05, 0) is 11.6 Å². The Bertz CT molecular complexity index is 750. The minimum Gasteiger partial charge on any atom is -0.481 e. The Kier molecular flexibility index (Phi) is 3.24. The number of carboxylic acids is 1. The number of rotatable bonds is 3. The predicted octanol–water partition coefficient (Wildman–Crippen LogP) is 2.36. The fourth-order valence-corrected chi connectivity index (χ4v) is 4.25. The molecule has 3 heterocycles. The molecule has 1 amide bonds. The molecule has 0 aliphatic carbocycles. The van der Waals surface area contributed by atoms with E-state index >= 15 is 0 Å². The van der Waals surface area contributed by atoms with Crippen molar-refractivity contribution in [2.75, 3.05) is 6.54 Å². The molecule has 1 aromatic rings. The first kappa shape index (κ1) is 15.0. The van der Waals surface area contributed by atoms with Gasteiger partial charge in [0.05, 0.1) is 28.6 Å². The molecule has 1 spiro atoms. The molecule has 3 aliphatic rings. The Labute approximate surface area is 142 Å². The second kappa shape index (κ2) is 4.97. The summed E-state index contributed by atoms with van der Waals surface area (Å²) < 4.78 is 5.84. The molecule has 4 rings (SSSR count). The molecule has 2 fully saturated rings. The molecule has 2 bridgehead atoms. The zero-order valence-corrected chi connectivity index (χ0v) is 13.4. The van der Waals surface area contributed by atoms with E-state index in [4.69, 9.17) is 27.9 Å². The summed E-state index contributed by atoms with van der Waals surface area (Å²) in [4.78, 5) is 25.9. The molecule has 2 saturated heterocycles. The second-order valence-corrected chi connectivity index (χ2v) is 6.93. The summed E-state index contributed by atoms with van der Waals surface area (Å²) in [7, 11) is 0. The van der Waals surface area contributed by atoms with E-state index in [9.17, 15) is 14.7 Å². The Hall–Kier alpha value is -1.56. The number of hydrogen-bond acceptors (Lipinski definition) is 3. The lowest BCUT2D eigenvalue weighted by atomic mass is 9.77. The molecule has 4 atom stereocenters. The molecule has 0 unspecified atom stereocenters. The number of likely N-dealkylation sites (tertiary alicyclic amines) is 1. The maximum atomic E-state index is 12.8. The lowest BCUT2D eigenvalue weighted by molar-refractivity contribution is -0.148. The highest BCUT2D eigenvalue weighted by Crippen LogP contribution is 2.52. The van der Waals surface area contributed by atoms with Crippen molar-refractivity contribution in [3.05, 3.63) is 46.0 Å². The van der Waals surface area contributed by atoms with Crippen LogP contribution in [-0.2, 0) is 20.9 Å². The first-order valence-corrected chi connectivity index (χ1v) is 8.00. The Morgan fingerprint density at radius 3 is 2.96 bits per heavy atom. The van der Waals surface area contributed by atoms with Gasteiger partial charge in [0, 0.05) is 6.54 Å². The van der Waals surface area contributed by atoms with E-state index in [0.717, 1.165) is 5.56 Å². The Morgan fingerprint density at radius 2 is 2.22 bits per heavy atom. The molecule has 1 N–H and O–H groups in total. The van der Waals surface area contributed by atoms with E-state index in [1.165, 1.54) is 0 Å². The van der Waals surface area contributed by atoms with Gasteiger partial charge in [0.15, 0.2) is 0 Å². The molecule has 0 radical (unpaired) electrons. The predicted molar refractivity (Wildman–Crippen MR) is 83.2 cm³/mol. The van der Waals surface area contributed by atoms with Gasteiger partial charge in [-0.3, -0.25) is 9.59 Å². The van der Waals surface area contributed by atoms with E-state index in [-0.39, 0.29) is 12.5 Å². The van der Waals surface area contributed by atoms with Gasteiger partial charge in [-0.25, -0.2) is 0 Å². The molecular weight excluding hydrogens is 341 g/mol. The number of carbonyl (C=O) groups excluding carboxylic acids is 1. The number of carboxylic acid groups (broad SMARTS) is 1. The molecule has 3 aliphatic heterocycles. The minimum atomic E-state index is -0.998. The number of amides is 1. The number of carbonyl (C=O) groups is 2. The molecule has 23 heavy (non-hydrogen) atoms. The minimum absolute atomic E-state index is 0.208. The number of halogens is 2. The van der Waals surface area contributed by atoms with Crippen LogP contribution < -0.4 is 0 Å². The number of benzene rings is 1. The molecule has 1 aromatic carbocycles. The molecule has 0 saturated carbocycles. The quantitative estimate of drug-likeness (QED) is 0.847. The van der Waals surface area contributed by atoms with Crippen molar-refractivity contribution >= 4 is 35.1 Å². The largest absolute Gasteiger partial charge is 0.481 e. The Balaban J connectivity index is 1.64. The van der Waals surface area contributed by atoms with Crippen LogP contribution in [0.5, 0.6) is 0 Å². The Morgan fingerprint density at radius 1 is 1.43 bits per heavy atom. The van der Waals surface area contributed by atoms with Crippen molar-refractivity contribution in [1.29, 1.82) is 0 Å². The standard InChI is InChI=1S/C16H13Cl2NO4/c17-9-3-1-2-8(13(9)18)6-19-7-16-5-4-10(23-16)11(15(21)22)12(16)14(19)20/h1-5,10-12H,6-7H2,(H,21,22)/t10-,11+,12-,16+/m1/s1. The second-order valence-electron chi connectivity index (χ2n) is 6.15. The zero-order chi connectivity index (χ0) is 16.4. The van der Waals surface area contributed by atoms with Crippen LogP contribution in [0.2, 0.25) is 10.0 Å². The van der Waals surface area contributed by atoms with E-state index in [2.05, 4.69) is 0 Å². The van der Waals surface area contributed by atoms with E-state index in [1.807, 2.05) is 6.08 Å². The van der Waals surface area contributed by atoms with Gasteiger partial charge in [0.25, 0.3) is 0 Å². The van der Waals surface area contributed by atoms with Gasteiger partial charge < -0.3 is 14.7 Å². The van der Waals surface area contributed by atoms with Crippen molar-refractivity contribution in [3.8, 4) is 0 Å². The summed E-state index contributed by atoms with van der Waals surface area (Å²) in [5, 5.41) is 10.3. The summed E-state index contributed by atoms with van der Waals surface area (Å²) in [6.07, 6.45) is 3.07. The van der Waals surface area contributed by atoms with Crippen LogP contribution in [0.25, 0.3) is 0 Å². The van der Waals surface area contributed by atoms with Crippen molar-refractivity contribution in [2.24, 2.45) is 11.8 Å². The number of hydrogen-bond donors (Lipinski definition) is 1. The highest BCUT2D eigenvalue weighted by atomic mass is 35.5. The van der Waals surface area contributed by atoms with Crippen LogP contribution in [0.15, 0.2) is 30.4 Å². The number of nitrogens with zero attached hydrogens (tertiary/aromatic N) is 1. The SMILES string of the molecule is O=C(O)[C@H]1[C@H]2C=C[C@@]3(CN(Cc4cccc(Cl)c4Cl)C(=O)[C@@H]13)O2. The topological polar surface area (TPSA) is 66.8 Å². The normalized spacial score (nSPS) is 34.3. The van der Waals surface area contributed by atoms with Crippen LogP contribution in [0, 0.1) is 11.8 Å². The summed E-state index contributed by atoms with van der Waals surface area (Å²) >= 11 is 12.2. The number of aliphatic carboxylic acids is 1. The smallest absolute Gasteiger partial charge is 0.310 e. The fourth-order valence-electron chi connectivity index (χ4n) is 3.87. The van der Waals surface area contributed by atoms with Gasteiger partial charge >= 0.3 is 5.97 Å². The van der Waals surface area contributed by atoms with Crippen molar-refractivity contribution < 1.29 is 19.4 Å². The molecular formula is C16H13Cl2NO4. The average Bonchev–Trinajstić information content (AvgIpc) is 3.13. The molecule has 120 valence electrons. The zero-order valence-electron chi connectivity index (χ0n) is 11.9. The van der Waals surface area contributed by atoms with Crippen LogP contribution in [0.4, 0.5) is 0 Å². The summed E-state index contributed by atoms with van der Waals surface area (Å²) in [6.45, 7) is 0.612. The first-order valence-electron chi connectivity index (χ1n) is 7.24. The van der Waals surface area contributed by atoms with Crippen LogP contribution >= 0.6 is 23.2 Å². The lowest BCUT2D eigenvalue weighted by Gasteiger charge is -2.21. The van der Waals surface area contributed by atoms with Gasteiger partial charge in [-0.15, -0.1) is 0 Å². The van der Waals surface area contributed by atoms with Crippen molar-refractivity contribution in [2.45, 2.75) is 18.2 Å². The van der Waals surface area contributed by atoms with Gasteiger partial charge in [-0.2, -0.15) is 0 Å². The highest BCUT2D eigenvalue weighted by Gasteiger charge is 2.67. The lowest BCUT2D eigenvalue weighted by Crippen LogP contribution is -2.39. The highest BCUT2D eigenvalue weighted by molar-refractivity contribution is 6.42. The first-order chi connectivity index (χ1) is 10.9. The third-order valence-corrected chi connectivity index (χ3v) is 5.71. The molecule has 7 heteroatoms.